The third-order valence-corrected chi connectivity index (χ3v) is 9.93. The summed E-state index contributed by atoms with van der Waals surface area (Å²) in [5.41, 5.74) is 1.65. The molecule has 3 rings (SSSR count). The highest BCUT2D eigenvalue weighted by atomic mass is 32.3. The van der Waals surface area contributed by atoms with Gasteiger partial charge in [-0.05, 0) is 56.3 Å². The van der Waals surface area contributed by atoms with Crippen molar-refractivity contribution in [3.05, 3.63) is 77.9 Å². The summed E-state index contributed by atoms with van der Waals surface area (Å²) in [6.07, 6.45) is 0. The van der Waals surface area contributed by atoms with Crippen LogP contribution in [-0.2, 0) is 29.9 Å². The fourth-order valence-corrected chi connectivity index (χ4v) is 7.30. The molecule has 170 valence electrons. The molecule has 0 aromatic heterocycles. The molecule has 0 aliphatic rings. The summed E-state index contributed by atoms with van der Waals surface area (Å²) in [5.74, 6) is -0.209. The Morgan fingerprint density at radius 2 is 1.09 bits per heavy atom. The molecule has 0 spiro atoms. The minimum atomic E-state index is -4.72. The molecule has 32 heavy (non-hydrogen) atoms. The van der Waals surface area contributed by atoms with E-state index in [4.69, 9.17) is 4.74 Å². The van der Waals surface area contributed by atoms with Crippen LogP contribution in [0, 0.1) is 13.8 Å². The molecule has 0 aliphatic carbocycles. The minimum absolute atomic E-state index is 0.0307. The number of rotatable bonds is 7. The molecule has 3 aromatic carbocycles. The third kappa shape index (κ3) is 4.85. The summed E-state index contributed by atoms with van der Waals surface area (Å²) < 4.78 is 83.8. The number of hydrogen-bond acceptors (Lipinski definition) is 7. The van der Waals surface area contributed by atoms with Gasteiger partial charge in [-0.15, -0.1) is 4.13 Å². The highest BCUT2D eigenvalue weighted by Crippen LogP contribution is 2.30. The van der Waals surface area contributed by atoms with Gasteiger partial charge in [-0.25, -0.2) is 25.3 Å². The molecule has 0 saturated heterocycles. The molecule has 3 aromatic rings. The molecule has 0 unspecified atom stereocenters. The molecule has 0 heterocycles. The van der Waals surface area contributed by atoms with E-state index in [1.807, 2.05) is 0 Å². The zero-order valence-corrected chi connectivity index (χ0v) is 19.9. The van der Waals surface area contributed by atoms with Crippen LogP contribution in [0.5, 0.6) is 5.75 Å². The van der Waals surface area contributed by atoms with Crippen molar-refractivity contribution < 1.29 is 30.0 Å². The Hall–Kier alpha value is -2.73. The Kier molecular flexibility index (Phi) is 6.47. The predicted molar refractivity (Wildman–Crippen MR) is 118 cm³/mol. The lowest BCUT2D eigenvalue weighted by Gasteiger charge is -2.13. The van der Waals surface area contributed by atoms with Crippen LogP contribution < -0.4 is 8.86 Å². The molecular formula is C21H21NO7S3. The van der Waals surface area contributed by atoms with Crippen molar-refractivity contribution >= 4 is 29.9 Å². The molecule has 0 amide bonds. The van der Waals surface area contributed by atoms with E-state index >= 15 is 0 Å². The van der Waals surface area contributed by atoms with Gasteiger partial charge in [-0.2, -0.15) is 0 Å². The Bertz CT molecular complexity index is 1460. The highest BCUT2D eigenvalue weighted by molar-refractivity contribution is 8.04. The minimum Gasteiger partial charge on any atom is -0.495 e. The highest BCUT2D eigenvalue weighted by Gasteiger charge is 2.29. The van der Waals surface area contributed by atoms with Crippen molar-refractivity contribution in [2.45, 2.75) is 33.4 Å². The number of hydrogen-bond donors (Lipinski definition) is 1. The van der Waals surface area contributed by atoms with Crippen LogP contribution in [0.2, 0.25) is 0 Å². The van der Waals surface area contributed by atoms with Gasteiger partial charge in [-0.3, -0.25) is 0 Å². The predicted octanol–water partition coefficient (Wildman–Crippen LogP) is 2.81. The molecule has 0 bridgehead atoms. The first kappa shape index (κ1) is 23.9. The first-order chi connectivity index (χ1) is 14.9. The summed E-state index contributed by atoms with van der Waals surface area (Å²) in [6, 6.07) is 14.9. The Morgan fingerprint density at radius 1 is 0.625 bits per heavy atom. The third-order valence-electron chi connectivity index (χ3n) is 4.62. The van der Waals surface area contributed by atoms with Gasteiger partial charge in [0.05, 0.1) is 21.8 Å². The quantitative estimate of drug-likeness (QED) is 0.534. The van der Waals surface area contributed by atoms with E-state index in [1.54, 1.807) is 30.1 Å². The lowest BCUT2D eigenvalue weighted by Crippen LogP contribution is -2.31. The fourth-order valence-electron chi connectivity index (χ4n) is 2.84. The summed E-state index contributed by atoms with van der Waals surface area (Å²) >= 11 is 0. The molecule has 0 fully saturated rings. The number of ether oxygens (including phenoxy) is 1. The average molecular weight is 496 g/mol. The molecule has 11 heteroatoms. The van der Waals surface area contributed by atoms with Crippen molar-refractivity contribution in [2.75, 3.05) is 7.11 Å². The van der Waals surface area contributed by atoms with E-state index < -0.39 is 34.8 Å². The molecule has 0 aliphatic heterocycles. The number of aryl methyl sites for hydroxylation is 2. The Labute approximate surface area is 187 Å². The molecule has 0 atom stereocenters. The maximum Gasteiger partial charge on any atom is 0.257 e. The van der Waals surface area contributed by atoms with E-state index in [0.717, 1.165) is 23.3 Å². The second kappa shape index (κ2) is 8.66. The van der Waals surface area contributed by atoms with Crippen LogP contribution in [0.4, 0.5) is 0 Å². The van der Waals surface area contributed by atoms with Crippen LogP contribution in [0.3, 0.4) is 0 Å². The standard InChI is InChI=1S/C21H21NO7S3/c1-15-4-8-17(9-5-15)30(23,24)19-12-13-20(29-3)21(14-19)32(27,28)22-31(25,26)18-10-6-16(2)7-11-18/h4-14,22H,1-3H3. The van der Waals surface area contributed by atoms with Crippen LogP contribution >= 0.6 is 0 Å². The zero-order chi connectivity index (χ0) is 23.7. The van der Waals surface area contributed by atoms with Gasteiger partial charge < -0.3 is 4.74 Å². The molecule has 0 saturated carbocycles. The molecule has 0 radical (unpaired) electrons. The van der Waals surface area contributed by atoms with Gasteiger partial charge >= 0.3 is 0 Å². The van der Waals surface area contributed by atoms with Gasteiger partial charge in [-0.1, -0.05) is 35.4 Å². The molecular weight excluding hydrogens is 474 g/mol. The number of nitrogens with one attached hydrogen (secondary N) is 1. The average Bonchev–Trinajstić information content (AvgIpc) is 2.73. The van der Waals surface area contributed by atoms with Crippen molar-refractivity contribution in [3.8, 4) is 5.75 Å². The van der Waals surface area contributed by atoms with Crippen molar-refractivity contribution in [2.24, 2.45) is 0 Å². The Morgan fingerprint density at radius 3 is 1.59 bits per heavy atom. The van der Waals surface area contributed by atoms with E-state index in [-0.39, 0.29) is 20.4 Å². The van der Waals surface area contributed by atoms with Gasteiger partial charge in [0.1, 0.15) is 10.6 Å². The number of methoxy groups -OCH3 is 1. The van der Waals surface area contributed by atoms with Crippen molar-refractivity contribution in [1.82, 2.24) is 4.13 Å². The van der Waals surface area contributed by atoms with Crippen LogP contribution in [0.25, 0.3) is 0 Å². The smallest absolute Gasteiger partial charge is 0.257 e. The van der Waals surface area contributed by atoms with E-state index in [1.165, 1.54) is 49.6 Å². The Balaban J connectivity index is 2.08. The van der Waals surface area contributed by atoms with Gasteiger partial charge in [0.25, 0.3) is 20.0 Å². The summed E-state index contributed by atoms with van der Waals surface area (Å²) in [5, 5.41) is 0. The lowest BCUT2D eigenvalue weighted by atomic mass is 10.2. The second-order valence-electron chi connectivity index (χ2n) is 7.03. The molecule has 1 N–H and O–H groups in total. The normalized spacial score (nSPS) is 12.5. The first-order valence-corrected chi connectivity index (χ1v) is 13.7. The fraction of sp³-hybridized carbons (Fsp3) is 0.143. The lowest BCUT2D eigenvalue weighted by molar-refractivity contribution is 0.402. The topological polar surface area (TPSA) is 124 Å². The van der Waals surface area contributed by atoms with Gasteiger partial charge in [0.15, 0.2) is 0 Å². The van der Waals surface area contributed by atoms with Gasteiger partial charge in [0.2, 0.25) is 9.84 Å². The molecule has 8 nitrogen and oxygen atoms in total. The number of sulfonamides is 2. The zero-order valence-electron chi connectivity index (χ0n) is 17.4. The van der Waals surface area contributed by atoms with E-state index in [2.05, 4.69) is 0 Å². The van der Waals surface area contributed by atoms with E-state index in [0.29, 0.717) is 0 Å². The van der Waals surface area contributed by atoms with E-state index in [9.17, 15) is 25.3 Å². The van der Waals surface area contributed by atoms with Gasteiger partial charge in [0, 0.05) is 0 Å². The maximum absolute atomic E-state index is 13.0. The van der Waals surface area contributed by atoms with Crippen molar-refractivity contribution in [1.29, 1.82) is 0 Å². The monoisotopic (exact) mass is 495 g/mol. The van der Waals surface area contributed by atoms with Crippen LogP contribution in [0.15, 0.2) is 86.3 Å². The SMILES string of the molecule is COc1ccc(S(=O)(=O)c2ccc(C)cc2)cc1S(=O)(=O)NS(=O)(=O)c1ccc(C)cc1. The second-order valence-corrected chi connectivity index (χ2v) is 12.6. The number of sulfone groups is 1. The number of benzene rings is 3. The maximum atomic E-state index is 13.0. The summed E-state index contributed by atoms with van der Waals surface area (Å²) in [7, 11) is -12.0. The van der Waals surface area contributed by atoms with Crippen LogP contribution in [-0.4, -0.2) is 32.4 Å². The summed E-state index contributed by atoms with van der Waals surface area (Å²) in [6.45, 7) is 3.56. The largest absolute Gasteiger partial charge is 0.495 e. The van der Waals surface area contributed by atoms with Crippen molar-refractivity contribution in [3.63, 3.8) is 0 Å². The van der Waals surface area contributed by atoms with Crippen LogP contribution in [0.1, 0.15) is 11.1 Å². The summed E-state index contributed by atoms with van der Waals surface area (Å²) in [4.78, 5) is -1.23. The first-order valence-electron chi connectivity index (χ1n) is 9.22.